The van der Waals surface area contributed by atoms with E-state index in [-0.39, 0.29) is 5.75 Å². The molecule has 2 N–H and O–H groups in total. The van der Waals surface area contributed by atoms with Gasteiger partial charge in [0.05, 0.1) is 22.4 Å². The normalized spacial score (nSPS) is 24.5. The molecule has 1 unspecified atom stereocenters. The van der Waals surface area contributed by atoms with E-state index in [1.54, 1.807) is 12.1 Å². The molecule has 1 saturated heterocycles. The number of hydrogen-bond acceptors (Lipinski definition) is 5. The zero-order valence-electron chi connectivity index (χ0n) is 15.2. The van der Waals surface area contributed by atoms with Gasteiger partial charge in [0.2, 0.25) is 0 Å². The maximum absolute atomic E-state index is 13.0. The molecule has 1 aromatic carbocycles. The number of hydrogen-bond donors (Lipinski definition) is 1. The van der Waals surface area contributed by atoms with Crippen molar-refractivity contribution in [2.45, 2.75) is 29.8 Å². The second-order valence-corrected chi connectivity index (χ2v) is 10.3. The molecule has 0 amide bonds. The van der Waals surface area contributed by atoms with E-state index in [2.05, 4.69) is 4.99 Å². The predicted molar refractivity (Wildman–Crippen MR) is 110 cm³/mol. The number of alkyl halides is 3. The van der Waals surface area contributed by atoms with Gasteiger partial charge >= 0.3 is 6.18 Å². The SMILES string of the molecule is NC1=N[C@H](c2sc(-c3cccc(C(F)(F)F)c3)cc2Cl)CS(=O)C12CCOCC2. The topological polar surface area (TPSA) is 64.7 Å². The molecule has 2 aliphatic rings. The van der Waals surface area contributed by atoms with Gasteiger partial charge in [-0.05, 0) is 36.6 Å². The Balaban J connectivity index is 1.67. The molecule has 0 aliphatic carbocycles. The third kappa shape index (κ3) is 3.85. The first-order valence-electron chi connectivity index (χ1n) is 8.97. The summed E-state index contributed by atoms with van der Waals surface area (Å²) in [5.74, 6) is 0.628. The molecule has 29 heavy (non-hydrogen) atoms. The molecule has 0 radical (unpaired) electrons. The van der Waals surface area contributed by atoms with Crippen molar-refractivity contribution in [2.24, 2.45) is 10.7 Å². The summed E-state index contributed by atoms with van der Waals surface area (Å²) in [6.45, 7) is 0.984. The molecular weight excluding hydrogens is 445 g/mol. The number of benzene rings is 1. The number of halogens is 4. The minimum absolute atomic E-state index is 0.281. The predicted octanol–water partition coefficient (Wildman–Crippen LogP) is 4.80. The summed E-state index contributed by atoms with van der Waals surface area (Å²) >= 11 is 7.65. The highest BCUT2D eigenvalue weighted by molar-refractivity contribution is 7.87. The highest BCUT2D eigenvalue weighted by Gasteiger charge is 2.46. The highest BCUT2D eigenvalue weighted by Crippen LogP contribution is 2.44. The van der Waals surface area contributed by atoms with Gasteiger partial charge in [0, 0.05) is 33.8 Å². The summed E-state index contributed by atoms with van der Waals surface area (Å²) in [6, 6.07) is 6.26. The van der Waals surface area contributed by atoms with Gasteiger partial charge < -0.3 is 10.5 Å². The Kier molecular flexibility index (Phi) is 5.52. The summed E-state index contributed by atoms with van der Waals surface area (Å²) < 4.78 is 56.8. The molecular formula is C19H18ClF3N2O2S2. The lowest BCUT2D eigenvalue weighted by atomic mass is 9.97. The standard InChI is InChI=1S/C19H18ClF3N2O2S2/c20-13-9-15(11-2-1-3-12(8-11)19(21,22)23)28-16(13)14-10-29(26)18(17(24)25-14)4-6-27-7-5-18/h1-3,8-9,14H,4-7,10H2,(H2,24,25)/t14-,29?/m0/s1. The van der Waals surface area contributed by atoms with Crippen molar-refractivity contribution in [3.05, 3.63) is 45.8 Å². The molecule has 1 aromatic heterocycles. The molecule has 1 fully saturated rings. The third-order valence-electron chi connectivity index (χ3n) is 5.30. The molecule has 0 bridgehead atoms. The van der Waals surface area contributed by atoms with Crippen LogP contribution in [0.4, 0.5) is 13.2 Å². The van der Waals surface area contributed by atoms with Gasteiger partial charge in [-0.1, -0.05) is 23.7 Å². The van der Waals surface area contributed by atoms with Crippen LogP contribution in [0.2, 0.25) is 5.02 Å². The van der Waals surface area contributed by atoms with Crippen LogP contribution < -0.4 is 5.73 Å². The van der Waals surface area contributed by atoms with Crippen molar-refractivity contribution in [3.8, 4) is 10.4 Å². The average molecular weight is 463 g/mol. The summed E-state index contributed by atoms with van der Waals surface area (Å²) in [6.07, 6.45) is -3.29. The molecule has 1 spiro atoms. The second kappa shape index (κ2) is 7.68. The minimum Gasteiger partial charge on any atom is -0.386 e. The lowest BCUT2D eigenvalue weighted by molar-refractivity contribution is -0.137. The van der Waals surface area contributed by atoms with E-state index in [9.17, 15) is 17.4 Å². The third-order valence-corrected chi connectivity index (χ3v) is 9.12. The quantitative estimate of drug-likeness (QED) is 0.697. The Hall–Kier alpha value is -1.42. The van der Waals surface area contributed by atoms with Gasteiger partial charge in [-0.3, -0.25) is 9.20 Å². The lowest BCUT2D eigenvalue weighted by Gasteiger charge is -2.39. The molecule has 4 nitrogen and oxygen atoms in total. The Morgan fingerprint density at radius 1 is 1.28 bits per heavy atom. The lowest BCUT2D eigenvalue weighted by Crippen LogP contribution is -2.54. The van der Waals surface area contributed by atoms with E-state index in [1.165, 1.54) is 17.4 Å². The first kappa shape index (κ1) is 20.8. The Labute approximate surface area is 177 Å². The fraction of sp³-hybridized carbons (Fsp3) is 0.421. The highest BCUT2D eigenvalue weighted by atomic mass is 35.5. The Morgan fingerprint density at radius 3 is 2.66 bits per heavy atom. The number of aliphatic imine (C=N–C) groups is 1. The second-order valence-electron chi connectivity index (χ2n) is 7.05. The Bertz CT molecular complexity index is 984. The molecule has 156 valence electrons. The molecule has 2 atom stereocenters. The summed E-state index contributed by atoms with van der Waals surface area (Å²) in [4.78, 5) is 5.86. The van der Waals surface area contributed by atoms with Gasteiger partial charge in [-0.2, -0.15) is 13.2 Å². The van der Waals surface area contributed by atoms with E-state index >= 15 is 0 Å². The van der Waals surface area contributed by atoms with Crippen LogP contribution in [0.3, 0.4) is 0 Å². The number of nitrogens with two attached hydrogens (primary N) is 1. The summed E-state index contributed by atoms with van der Waals surface area (Å²) in [5.41, 5.74) is 5.94. The van der Waals surface area contributed by atoms with Crippen LogP contribution in [-0.4, -0.2) is 33.8 Å². The number of rotatable bonds is 2. The van der Waals surface area contributed by atoms with Crippen molar-refractivity contribution in [1.82, 2.24) is 0 Å². The zero-order chi connectivity index (χ0) is 20.8. The van der Waals surface area contributed by atoms with E-state index in [0.29, 0.717) is 52.2 Å². The first-order valence-corrected chi connectivity index (χ1v) is 11.5. The maximum Gasteiger partial charge on any atom is 0.416 e. The van der Waals surface area contributed by atoms with E-state index < -0.39 is 33.3 Å². The van der Waals surface area contributed by atoms with Crippen molar-refractivity contribution >= 4 is 39.6 Å². The fourth-order valence-corrected chi connectivity index (χ4v) is 7.03. The smallest absolute Gasteiger partial charge is 0.386 e. The molecule has 0 saturated carbocycles. The van der Waals surface area contributed by atoms with Crippen molar-refractivity contribution in [3.63, 3.8) is 0 Å². The fourth-order valence-electron chi connectivity index (χ4n) is 3.66. The van der Waals surface area contributed by atoms with Crippen molar-refractivity contribution in [1.29, 1.82) is 0 Å². The van der Waals surface area contributed by atoms with Crippen LogP contribution in [0.1, 0.15) is 29.3 Å². The minimum atomic E-state index is -4.42. The van der Waals surface area contributed by atoms with Crippen LogP contribution in [0.15, 0.2) is 35.3 Å². The van der Waals surface area contributed by atoms with E-state index in [0.717, 1.165) is 12.1 Å². The van der Waals surface area contributed by atoms with E-state index in [4.69, 9.17) is 22.1 Å². The first-order chi connectivity index (χ1) is 13.7. The average Bonchev–Trinajstić information content (AvgIpc) is 3.08. The van der Waals surface area contributed by atoms with Gasteiger partial charge in [0.25, 0.3) is 0 Å². The molecule has 3 heterocycles. The maximum atomic E-state index is 13.0. The zero-order valence-corrected chi connectivity index (χ0v) is 17.6. The van der Waals surface area contributed by atoms with Crippen molar-refractivity contribution in [2.75, 3.05) is 19.0 Å². The van der Waals surface area contributed by atoms with Crippen molar-refractivity contribution < 1.29 is 22.1 Å². The largest absolute Gasteiger partial charge is 0.416 e. The van der Waals surface area contributed by atoms with Crippen LogP contribution >= 0.6 is 22.9 Å². The number of thiophene rings is 1. The molecule has 4 rings (SSSR count). The summed E-state index contributed by atoms with van der Waals surface area (Å²) in [7, 11) is -1.24. The van der Waals surface area contributed by atoms with Gasteiger partial charge in [0.1, 0.15) is 10.6 Å². The van der Waals surface area contributed by atoms with Crippen LogP contribution in [0.5, 0.6) is 0 Å². The Morgan fingerprint density at radius 2 is 2.00 bits per heavy atom. The molecule has 10 heteroatoms. The van der Waals surface area contributed by atoms with E-state index in [1.807, 2.05) is 0 Å². The van der Waals surface area contributed by atoms with Crippen LogP contribution in [0, 0.1) is 0 Å². The number of amidine groups is 1. The summed E-state index contributed by atoms with van der Waals surface area (Å²) in [5, 5.41) is 0.392. The number of nitrogens with zero attached hydrogens (tertiary/aromatic N) is 1. The van der Waals surface area contributed by atoms with Crippen LogP contribution in [-0.2, 0) is 21.7 Å². The number of ether oxygens (including phenoxy) is 1. The van der Waals surface area contributed by atoms with Gasteiger partial charge in [-0.25, -0.2) is 0 Å². The molecule has 2 aromatic rings. The molecule has 2 aliphatic heterocycles. The van der Waals surface area contributed by atoms with Gasteiger partial charge in [0.15, 0.2) is 0 Å². The van der Waals surface area contributed by atoms with Crippen LogP contribution in [0.25, 0.3) is 10.4 Å². The van der Waals surface area contributed by atoms with Gasteiger partial charge in [-0.15, -0.1) is 11.3 Å². The monoisotopic (exact) mass is 462 g/mol.